The van der Waals surface area contributed by atoms with E-state index in [1.165, 1.54) is 11.8 Å². The normalized spacial score (nSPS) is 13.9. The SMILES string of the molecule is CCOC(=O)c1ccc(NC(=O)CSc2nnc(N3CCOCC3)n2CC)cc1. The van der Waals surface area contributed by atoms with Gasteiger partial charge in [0.15, 0.2) is 5.16 Å². The molecule has 29 heavy (non-hydrogen) atoms. The molecule has 2 aromatic rings. The van der Waals surface area contributed by atoms with Crippen LogP contribution in [0.4, 0.5) is 11.6 Å². The van der Waals surface area contributed by atoms with Crippen molar-refractivity contribution in [1.29, 1.82) is 0 Å². The molecule has 0 radical (unpaired) electrons. The van der Waals surface area contributed by atoms with E-state index in [2.05, 4.69) is 20.4 Å². The fourth-order valence-electron chi connectivity index (χ4n) is 2.89. The number of nitrogens with zero attached hydrogens (tertiary/aromatic N) is 4. The van der Waals surface area contributed by atoms with Crippen LogP contribution in [-0.4, -0.2) is 65.3 Å². The molecule has 0 bridgehead atoms. The molecule has 1 saturated heterocycles. The van der Waals surface area contributed by atoms with Crippen molar-refractivity contribution in [1.82, 2.24) is 14.8 Å². The highest BCUT2D eigenvalue weighted by molar-refractivity contribution is 7.99. The van der Waals surface area contributed by atoms with E-state index in [-0.39, 0.29) is 17.6 Å². The molecule has 1 aromatic heterocycles. The minimum atomic E-state index is -0.379. The number of amides is 1. The van der Waals surface area contributed by atoms with Gasteiger partial charge in [0.25, 0.3) is 0 Å². The minimum Gasteiger partial charge on any atom is -0.462 e. The quantitative estimate of drug-likeness (QED) is 0.513. The third kappa shape index (κ3) is 5.48. The van der Waals surface area contributed by atoms with Crippen LogP contribution >= 0.6 is 11.8 Å². The Balaban J connectivity index is 1.55. The number of benzene rings is 1. The summed E-state index contributed by atoms with van der Waals surface area (Å²) in [5.74, 6) is 0.488. The van der Waals surface area contributed by atoms with Crippen molar-refractivity contribution in [3.8, 4) is 0 Å². The van der Waals surface area contributed by atoms with E-state index in [1.54, 1.807) is 31.2 Å². The van der Waals surface area contributed by atoms with Gasteiger partial charge in [0, 0.05) is 25.3 Å². The number of hydrogen-bond donors (Lipinski definition) is 1. The van der Waals surface area contributed by atoms with E-state index in [0.717, 1.165) is 25.6 Å². The Labute approximate surface area is 173 Å². The summed E-state index contributed by atoms with van der Waals surface area (Å²) in [5, 5.41) is 12.1. The summed E-state index contributed by atoms with van der Waals surface area (Å²) in [6.07, 6.45) is 0. The molecule has 0 spiro atoms. The van der Waals surface area contributed by atoms with E-state index in [4.69, 9.17) is 9.47 Å². The first-order chi connectivity index (χ1) is 14.1. The zero-order valence-corrected chi connectivity index (χ0v) is 17.4. The van der Waals surface area contributed by atoms with E-state index in [1.807, 2.05) is 11.5 Å². The third-order valence-electron chi connectivity index (χ3n) is 4.32. The van der Waals surface area contributed by atoms with Gasteiger partial charge in [-0.25, -0.2) is 4.79 Å². The van der Waals surface area contributed by atoms with Crippen LogP contribution in [0.2, 0.25) is 0 Å². The number of thioether (sulfide) groups is 1. The fourth-order valence-corrected chi connectivity index (χ4v) is 3.69. The molecular formula is C19H25N5O4S. The van der Waals surface area contributed by atoms with E-state index in [9.17, 15) is 9.59 Å². The molecule has 156 valence electrons. The Bertz CT molecular complexity index is 834. The second-order valence-corrected chi connectivity index (χ2v) is 7.20. The third-order valence-corrected chi connectivity index (χ3v) is 5.29. The van der Waals surface area contributed by atoms with E-state index in [0.29, 0.717) is 36.2 Å². The first-order valence-electron chi connectivity index (χ1n) is 9.58. The number of rotatable bonds is 8. The Morgan fingerprint density at radius 1 is 1.17 bits per heavy atom. The highest BCUT2D eigenvalue weighted by Gasteiger charge is 2.20. The molecular weight excluding hydrogens is 394 g/mol. The standard InChI is InChI=1S/C19H25N5O4S/c1-3-24-18(23-9-11-27-12-10-23)21-22-19(24)29-13-16(25)20-15-7-5-14(6-8-15)17(26)28-4-2/h5-8H,3-4,9-13H2,1-2H3,(H,20,25). The molecule has 1 N–H and O–H groups in total. The zero-order valence-electron chi connectivity index (χ0n) is 16.6. The van der Waals surface area contributed by atoms with Gasteiger partial charge >= 0.3 is 5.97 Å². The number of hydrogen-bond acceptors (Lipinski definition) is 8. The van der Waals surface area contributed by atoms with Gasteiger partial charge in [-0.05, 0) is 38.1 Å². The maximum absolute atomic E-state index is 12.3. The van der Waals surface area contributed by atoms with Gasteiger partial charge in [0.2, 0.25) is 11.9 Å². The lowest BCUT2D eigenvalue weighted by Crippen LogP contribution is -2.38. The number of esters is 1. The van der Waals surface area contributed by atoms with Gasteiger partial charge in [-0.1, -0.05) is 11.8 Å². The minimum absolute atomic E-state index is 0.155. The van der Waals surface area contributed by atoms with Crippen LogP contribution in [-0.2, 0) is 20.8 Å². The first kappa shape index (κ1) is 21.1. The molecule has 1 fully saturated rings. The molecule has 0 atom stereocenters. The van der Waals surface area contributed by atoms with E-state index >= 15 is 0 Å². The van der Waals surface area contributed by atoms with Gasteiger partial charge in [0.1, 0.15) is 0 Å². The maximum Gasteiger partial charge on any atom is 0.338 e. The van der Waals surface area contributed by atoms with Crippen LogP contribution in [0.3, 0.4) is 0 Å². The van der Waals surface area contributed by atoms with Gasteiger partial charge < -0.3 is 19.7 Å². The highest BCUT2D eigenvalue weighted by Crippen LogP contribution is 2.23. The van der Waals surface area contributed by atoms with Crippen molar-refractivity contribution in [3.05, 3.63) is 29.8 Å². The van der Waals surface area contributed by atoms with Crippen LogP contribution in [0, 0.1) is 0 Å². The predicted molar refractivity (Wildman–Crippen MR) is 110 cm³/mol. The second kappa shape index (κ2) is 10.3. The Kier molecular flexibility index (Phi) is 7.48. The van der Waals surface area contributed by atoms with Crippen molar-refractivity contribution in [3.63, 3.8) is 0 Å². The molecule has 0 saturated carbocycles. The molecule has 9 nitrogen and oxygen atoms in total. The summed E-state index contributed by atoms with van der Waals surface area (Å²) in [6, 6.07) is 6.62. The number of anilines is 2. The molecule has 2 heterocycles. The smallest absolute Gasteiger partial charge is 0.338 e. The average molecular weight is 420 g/mol. The highest BCUT2D eigenvalue weighted by atomic mass is 32.2. The molecule has 0 aliphatic carbocycles. The van der Waals surface area contributed by atoms with Crippen LogP contribution in [0.25, 0.3) is 0 Å². The van der Waals surface area contributed by atoms with Gasteiger partial charge in [-0.2, -0.15) is 0 Å². The van der Waals surface area contributed by atoms with Crippen LogP contribution in [0.1, 0.15) is 24.2 Å². The van der Waals surface area contributed by atoms with Crippen molar-refractivity contribution in [2.45, 2.75) is 25.5 Å². The van der Waals surface area contributed by atoms with Crippen LogP contribution in [0.15, 0.2) is 29.4 Å². The van der Waals surface area contributed by atoms with Crippen molar-refractivity contribution in [2.75, 3.05) is 48.9 Å². The molecule has 1 amide bonds. The zero-order chi connectivity index (χ0) is 20.6. The predicted octanol–water partition coefficient (Wildman–Crippen LogP) is 2.04. The summed E-state index contributed by atoms with van der Waals surface area (Å²) < 4.78 is 12.3. The summed E-state index contributed by atoms with van der Waals surface area (Å²) in [7, 11) is 0. The number of aromatic nitrogens is 3. The monoisotopic (exact) mass is 419 g/mol. The number of nitrogens with one attached hydrogen (secondary N) is 1. The lowest BCUT2D eigenvalue weighted by Gasteiger charge is -2.27. The number of morpholine rings is 1. The topological polar surface area (TPSA) is 98.6 Å². The summed E-state index contributed by atoms with van der Waals surface area (Å²) in [4.78, 5) is 26.1. The number of carbonyl (C=O) groups excluding carboxylic acids is 2. The Hall–Kier alpha value is -2.59. The summed E-state index contributed by atoms with van der Waals surface area (Å²) >= 11 is 1.34. The Morgan fingerprint density at radius 2 is 1.90 bits per heavy atom. The average Bonchev–Trinajstić information content (AvgIpc) is 3.16. The lowest BCUT2D eigenvalue weighted by atomic mass is 10.2. The molecule has 1 aliphatic rings. The first-order valence-corrected chi connectivity index (χ1v) is 10.6. The van der Waals surface area contributed by atoms with Crippen molar-refractivity contribution < 1.29 is 19.1 Å². The van der Waals surface area contributed by atoms with Gasteiger partial charge in [-0.15, -0.1) is 10.2 Å². The fraction of sp³-hybridized carbons (Fsp3) is 0.474. The molecule has 1 aliphatic heterocycles. The Morgan fingerprint density at radius 3 is 2.55 bits per heavy atom. The van der Waals surface area contributed by atoms with Crippen LogP contribution < -0.4 is 10.2 Å². The van der Waals surface area contributed by atoms with Gasteiger partial charge in [-0.3, -0.25) is 9.36 Å². The second-order valence-electron chi connectivity index (χ2n) is 6.26. The van der Waals surface area contributed by atoms with E-state index < -0.39 is 0 Å². The number of ether oxygens (including phenoxy) is 2. The maximum atomic E-state index is 12.3. The summed E-state index contributed by atoms with van der Waals surface area (Å²) in [6.45, 7) is 7.75. The molecule has 1 aromatic carbocycles. The molecule has 10 heteroatoms. The summed E-state index contributed by atoms with van der Waals surface area (Å²) in [5.41, 5.74) is 1.07. The lowest BCUT2D eigenvalue weighted by molar-refractivity contribution is -0.113. The van der Waals surface area contributed by atoms with Crippen LogP contribution in [0.5, 0.6) is 0 Å². The molecule has 3 rings (SSSR count). The van der Waals surface area contributed by atoms with Crippen molar-refractivity contribution in [2.24, 2.45) is 0 Å². The largest absolute Gasteiger partial charge is 0.462 e. The van der Waals surface area contributed by atoms with Crippen molar-refractivity contribution >= 4 is 35.3 Å². The van der Waals surface area contributed by atoms with Gasteiger partial charge in [0.05, 0.1) is 31.1 Å². The molecule has 0 unspecified atom stereocenters. The number of carbonyl (C=O) groups is 2.